The van der Waals surface area contributed by atoms with Crippen LogP contribution < -0.4 is 4.74 Å². The normalized spacial score (nSPS) is 15.1. The molecule has 100 valence electrons. The second-order valence-electron chi connectivity index (χ2n) is 4.88. The van der Waals surface area contributed by atoms with E-state index in [0.717, 1.165) is 34.4 Å². The van der Waals surface area contributed by atoms with Gasteiger partial charge in [-0.15, -0.1) is 11.3 Å². The molecule has 0 saturated heterocycles. The van der Waals surface area contributed by atoms with Crippen molar-refractivity contribution in [2.24, 2.45) is 4.99 Å². The van der Waals surface area contributed by atoms with Gasteiger partial charge in [0.15, 0.2) is 0 Å². The molecule has 2 aromatic heterocycles. The molecule has 0 aliphatic heterocycles. The molecule has 0 unspecified atom stereocenters. The van der Waals surface area contributed by atoms with Crippen LogP contribution in [0.3, 0.4) is 0 Å². The maximum absolute atomic E-state index is 12.3. The van der Waals surface area contributed by atoms with Crippen LogP contribution in [0.2, 0.25) is 0 Å². The molecular formula is C13H15N3OS2. The minimum Gasteiger partial charge on any atom is -0.369 e. The highest BCUT2D eigenvalue weighted by Crippen LogP contribution is 2.35. The summed E-state index contributed by atoms with van der Waals surface area (Å²) in [5.74, 6) is 0. The average Bonchev–Trinajstić information content (AvgIpc) is 2.74. The number of nitrogens with zero attached hydrogens (tertiary/aromatic N) is 3. The zero-order valence-electron chi connectivity index (χ0n) is 11.0. The Balaban J connectivity index is 2.14. The second kappa shape index (κ2) is 5.02. The zero-order valence-corrected chi connectivity index (χ0v) is 12.6. The van der Waals surface area contributed by atoms with Crippen LogP contribution in [-0.4, -0.2) is 30.3 Å². The summed E-state index contributed by atoms with van der Waals surface area (Å²) in [5, 5.41) is 1.40. The molecule has 0 saturated carbocycles. The molecule has 19 heavy (non-hydrogen) atoms. The quantitative estimate of drug-likeness (QED) is 0.632. The van der Waals surface area contributed by atoms with E-state index in [1.165, 1.54) is 23.3 Å². The van der Waals surface area contributed by atoms with Gasteiger partial charge in [-0.3, -0.25) is 4.79 Å². The van der Waals surface area contributed by atoms with Gasteiger partial charge in [-0.25, -0.2) is 9.98 Å². The summed E-state index contributed by atoms with van der Waals surface area (Å²) in [6, 6.07) is 0. The van der Waals surface area contributed by atoms with Crippen molar-refractivity contribution < 1.29 is 0 Å². The number of aryl methyl sites for hydroxylation is 2. The van der Waals surface area contributed by atoms with Crippen LogP contribution in [0.25, 0.3) is 10.2 Å². The summed E-state index contributed by atoms with van der Waals surface area (Å²) >= 11 is 2.81. The molecular weight excluding hydrogens is 278 g/mol. The van der Waals surface area contributed by atoms with Crippen molar-refractivity contribution in [1.82, 2.24) is 9.88 Å². The van der Waals surface area contributed by atoms with Crippen molar-refractivity contribution in [2.45, 2.75) is 25.7 Å². The molecule has 0 bridgehead atoms. The molecule has 0 spiro atoms. The zero-order chi connectivity index (χ0) is 13.4. The van der Waals surface area contributed by atoms with Gasteiger partial charge in [-0.05, 0) is 31.2 Å². The van der Waals surface area contributed by atoms with E-state index < -0.39 is 0 Å². The van der Waals surface area contributed by atoms with Crippen molar-refractivity contribution in [3.63, 3.8) is 0 Å². The maximum Gasteiger partial charge on any atom is 0.246 e. The molecule has 0 radical (unpaired) electrons. The van der Waals surface area contributed by atoms with Crippen LogP contribution in [0.1, 0.15) is 23.3 Å². The van der Waals surface area contributed by atoms with Crippen LogP contribution in [0.15, 0.2) is 9.79 Å². The number of rotatable bonds is 2. The molecule has 3 rings (SSSR count). The van der Waals surface area contributed by atoms with Crippen molar-refractivity contribution in [3.05, 3.63) is 20.0 Å². The molecule has 0 atom stereocenters. The number of aliphatic imine (C=N–C) groups is 1. The summed E-state index contributed by atoms with van der Waals surface area (Å²) in [7, 11) is 3.79. The molecule has 6 heteroatoms. The Morgan fingerprint density at radius 2 is 2.05 bits per heavy atom. The molecule has 1 aliphatic rings. The third-order valence-corrected chi connectivity index (χ3v) is 5.09. The van der Waals surface area contributed by atoms with Gasteiger partial charge in [-0.2, -0.15) is 0 Å². The fourth-order valence-corrected chi connectivity index (χ4v) is 4.41. The van der Waals surface area contributed by atoms with Gasteiger partial charge in [0.2, 0.25) is 9.87 Å². The molecule has 0 fully saturated rings. The molecule has 2 aromatic rings. The van der Waals surface area contributed by atoms with Crippen molar-refractivity contribution in [1.29, 1.82) is 0 Å². The first-order chi connectivity index (χ1) is 9.15. The first kappa shape index (κ1) is 12.7. The molecule has 0 N–H and O–H groups in total. The highest BCUT2D eigenvalue weighted by atomic mass is 32.1. The fourth-order valence-electron chi connectivity index (χ4n) is 2.30. The number of hydrogen-bond donors (Lipinski definition) is 0. The lowest BCUT2D eigenvalue weighted by atomic mass is 9.98. The van der Waals surface area contributed by atoms with E-state index >= 15 is 0 Å². The van der Waals surface area contributed by atoms with Gasteiger partial charge in [0.25, 0.3) is 0 Å². The van der Waals surface area contributed by atoms with Crippen LogP contribution in [-0.2, 0) is 12.8 Å². The van der Waals surface area contributed by atoms with E-state index in [0.29, 0.717) is 5.13 Å². The van der Waals surface area contributed by atoms with E-state index in [1.54, 1.807) is 17.7 Å². The molecule has 1 aliphatic carbocycles. The van der Waals surface area contributed by atoms with Gasteiger partial charge in [0.1, 0.15) is 4.83 Å². The smallest absolute Gasteiger partial charge is 0.246 e. The maximum atomic E-state index is 12.3. The van der Waals surface area contributed by atoms with Crippen LogP contribution in [0.5, 0.6) is 0 Å². The van der Waals surface area contributed by atoms with Crippen LogP contribution in [0.4, 0.5) is 5.13 Å². The standard InChI is InChI=1S/C13H15N3OS2/c1-16(2)7-14-13-15-11-10(12(17)19-13)8-5-3-4-6-9(8)18-11/h7H,3-6H2,1-2H3/b14-7+. The van der Waals surface area contributed by atoms with Crippen molar-refractivity contribution in [2.75, 3.05) is 14.1 Å². The lowest BCUT2D eigenvalue weighted by molar-refractivity contribution is 0.643. The minimum absolute atomic E-state index is 0.107. The van der Waals surface area contributed by atoms with E-state index in [2.05, 4.69) is 9.98 Å². The van der Waals surface area contributed by atoms with Gasteiger partial charge in [0, 0.05) is 19.0 Å². The highest BCUT2D eigenvalue weighted by molar-refractivity contribution is 7.20. The summed E-state index contributed by atoms with van der Waals surface area (Å²) in [6.45, 7) is 0. The first-order valence-electron chi connectivity index (χ1n) is 6.31. The number of hydrogen-bond acceptors (Lipinski definition) is 5. The number of aromatic nitrogens is 1. The largest absolute Gasteiger partial charge is 0.369 e. The number of thiophene rings is 1. The van der Waals surface area contributed by atoms with Gasteiger partial charge in [0.05, 0.1) is 11.7 Å². The highest BCUT2D eigenvalue weighted by Gasteiger charge is 2.19. The van der Waals surface area contributed by atoms with E-state index in [4.69, 9.17) is 0 Å². The third kappa shape index (κ3) is 2.42. The SMILES string of the molecule is CN(C)/C=N/c1nc2sc3c(c2c(=O)s1)CCCC3. The molecule has 4 nitrogen and oxygen atoms in total. The van der Waals surface area contributed by atoms with Crippen LogP contribution in [0, 0.1) is 0 Å². The Bertz CT molecular complexity index is 700. The molecule has 0 aromatic carbocycles. The van der Waals surface area contributed by atoms with E-state index in [1.807, 2.05) is 19.0 Å². The summed E-state index contributed by atoms with van der Waals surface area (Å²) < 4.78 is 0.107. The Hall–Kier alpha value is -1.27. The predicted octanol–water partition coefficient (Wildman–Crippen LogP) is 2.82. The average molecular weight is 293 g/mol. The Morgan fingerprint density at radius 3 is 2.84 bits per heavy atom. The summed E-state index contributed by atoms with van der Waals surface area (Å²) in [4.78, 5) is 25.1. The third-order valence-electron chi connectivity index (χ3n) is 3.14. The van der Waals surface area contributed by atoms with Crippen molar-refractivity contribution in [3.8, 4) is 0 Å². The Kier molecular flexibility index (Phi) is 3.36. The molecule has 0 amide bonds. The van der Waals surface area contributed by atoms with Gasteiger partial charge >= 0.3 is 0 Å². The monoisotopic (exact) mass is 293 g/mol. The van der Waals surface area contributed by atoms with E-state index in [-0.39, 0.29) is 4.74 Å². The van der Waals surface area contributed by atoms with Gasteiger partial charge < -0.3 is 4.90 Å². The predicted molar refractivity (Wildman–Crippen MR) is 82.2 cm³/mol. The summed E-state index contributed by atoms with van der Waals surface area (Å²) in [6.07, 6.45) is 6.21. The van der Waals surface area contributed by atoms with Crippen molar-refractivity contribution >= 4 is 44.4 Å². The Morgan fingerprint density at radius 1 is 1.26 bits per heavy atom. The fraction of sp³-hybridized carbons (Fsp3) is 0.462. The number of fused-ring (bicyclic) bond motifs is 3. The minimum atomic E-state index is 0.107. The topological polar surface area (TPSA) is 45.6 Å². The lowest BCUT2D eigenvalue weighted by Gasteiger charge is -2.09. The summed E-state index contributed by atoms with van der Waals surface area (Å²) in [5.41, 5.74) is 1.25. The van der Waals surface area contributed by atoms with E-state index in [9.17, 15) is 4.79 Å². The molecule has 2 heterocycles. The van der Waals surface area contributed by atoms with Gasteiger partial charge in [-0.1, -0.05) is 11.3 Å². The van der Waals surface area contributed by atoms with Crippen LogP contribution >= 0.6 is 22.7 Å². The lowest BCUT2D eigenvalue weighted by Crippen LogP contribution is -2.07. The Labute approximate surface area is 119 Å². The second-order valence-corrected chi connectivity index (χ2v) is 6.91. The first-order valence-corrected chi connectivity index (χ1v) is 7.94.